The van der Waals surface area contributed by atoms with Crippen LogP contribution in [0.15, 0.2) is 24.4 Å². The van der Waals surface area contributed by atoms with E-state index in [0.717, 1.165) is 27.5 Å². The number of nitrogens with zero attached hydrogens (tertiary/aromatic N) is 1. The van der Waals surface area contributed by atoms with Crippen molar-refractivity contribution >= 4 is 27.6 Å². The monoisotopic (exact) mass is 227 g/mol. The van der Waals surface area contributed by atoms with Gasteiger partial charge in [-0.15, -0.1) is 0 Å². The number of H-pyrrole nitrogens is 1. The molecule has 0 atom stereocenters. The maximum absolute atomic E-state index is 5.88. The minimum Gasteiger partial charge on any atom is -0.492 e. The Labute approximate surface area is 98.4 Å². The van der Waals surface area contributed by atoms with Crippen LogP contribution in [0.4, 0.5) is 5.69 Å². The van der Waals surface area contributed by atoms with E-state index in [2.05, 4.69) is 16.0 Å². The molecule has 0 aliphatic carbocycles. The molecule has 0 amide bonds. The zero-order valence-corrected chi connectivity index (χ0v) is 9.74. The smallest absolute Gasteiger partial charge is 0.165 e. The van der Waals surface area contributed by atoms with Gasteiger partial charge >= 0.3 is 0 Å². The van der Waals surface area contributed by atoms with Crippen molar-refractivity contribution in [3.05, 3.63) is 30.0 Å². The van der Waals surface area contributed by atoms with Crippen molar-refractivity contribution in [2.75, 3.05) is 12.8 Å². The lowest BCUT2D eigenvalue weighted by atomic mass is 10.1. The van der Waals surface area contributed by atoms with Gasteiger partial charge in [0.2, 0.25) is 0 Å². The van der Waals surface area contributed by atoms with Crippen LogP contribution < -0.4 is 10.5 Å². The molecule has 0 spiro atoms. The molecule has 2 aromatic heterocycles. The number of methoxy groups -OCH3 is 1. The molecule has 1 aromatic carbocycles. The predicted octanol–water partition coefficient (Wildman–Crippen LogP) is 2.62. The number of benzene rings is 1. The molecule has 17 heavy (non-hydrogen) atoms. The number of fused-ring (bicyclic) bond motifs is 3. The molecule has 0 aliphatic heterocycles. The van der Waals surface area contributed by atoms with Crippen LogP contribution in [0.1, 0.15) is 5.56 Å². The maximum atomic E-state index is 5.88. The Balaban J connectivity index is 2.51. The summed E-state index contributed by atoms with van der Waals surface area (Å²) < 4.78 is 5.33. The number of aromatic amines is 1. The number of hydrogen-bond acceptors (Lipinski definition) is 3. The second-order valence-electron chi connectivity index (χ2n) is 4.14. The summed E-state index contributed by atoms with van der Waals surface area (Å²) >= 11 is 0. The number of pyridine rings is 1. The van der Waals surface area contributed by atoms with Gasteiger partial charge in [0.1, 0.15) is 5.65 Å². The van der Waals surface area contributed by atoms with Gasteiger partial charge in [-0.2, -0.15) is 0 Å². The molecule has 2 heterocycles. The van der Waals surface area contributed by atoms with E-state index in [1.54, 1.807) is 7.11 Å². The van der Waals surface area contributed by atoms with Gasteiger partial charge in [-0.3, -0.25) is 0 Å². The van der Waals surface area contributed by atoms with Gasteiger partial charge in [0, 0.05) is 17.0 Å². The van der Waals surface area contributed by atoms with E-state index in [0.29, 0.717) is 11.4 Å². The first-order chi connectivity index (χ1) is 8.20. The van der Waals surface area contributed by atoms with Crippen LogP contribution in [-0.2, 0) is 0 Å². The molecule has 3 rings (SSSR count). The van der Waals surface area contributed by atoms with Crippen molar-refractivity contribution in [2.45, 2.75) is 6.92 Å². The average Bonchev–Trinajstić information content (AvgIpc) is 2.67. The van der Waals surface area contributed by atoms with Gasteiger partial charge in [0.05, 0.1) is 18.3 Å². The van der Waals surface area contributed by atoms with Gasteiger partial charge < -0.3 is 15.5 Å². The van der Waals surface area contributed by atoms with Crippen molar-refractivity contribution in [3.63, 3.8) is 0 Å². The molecule has 4 heteroatoms. The third-order valence-electron chi connectivity index (χ3n) is 2.95. The topological polar surface area (TPSA) is 63.9 Å². The standard InChI is InChI=1S/C13H13N3O/c1-7-5-9-8-3-4-10(14)12(17-2)11(8)16-13(9)15-6-7/h3-6H,14H2,1-2H3,(H,15,16). The van der Waals surface area contributed by atoms with E-state index < -0.39 is 0 Å². The first kappa shape index (κ1) is 9.96. The van der Waals surface area contributed by atoms with E-state index in [4.69, 9.17) is 10.5 Å². The van der Waals surface area contributed by atoms with E-state index >= 15 is 0 Å². The lowest BCUT2D eigenvalue weighted by Gasteiger charge is -2.04. The first-order valence-corrected chi connectivity index (χ1v) is 5.41. The third-order valence-corrected chi connectivity index (χ3v) is 2.95. The Hall–Kier alpha value is -2.23. The van der Waals surface area contributed by atoms with Gasteiger partial charge in [-0.05, 0) is 30.7 Å². The van der Waals surface area contributed by atoms with E-state index in [-0.39, 0.29) is 0 Å². The molecule has 86 valence electrons. The maximum Gasteiger partial charge on any atom is 0.165 e. The van der Waals surface area contributed by atoms with E-state index in [9.17, 15) is 0 Å². The molecule has 0 saturated heterocycles. The summed E-state index contributed by atoms with van der Waals surface area (Å²) in [5, 5.41) is 2.18. The minimum atomic E-state index is 0.628. The number of rotatable bonds is 1. The number of nitrogens with two attached hydrogens (primary N) is 1. The quantitative estimate of drug-likeness (QED) is 0.628. The summed E-state index contributed by atoms with van der Waals surface area (Å²) in [6.07, 6.45) is 1.84. The molecule has 0 bridgehead atoms. The highest BCUT2D eigenvalue weighted by atomic mass is 16.5. The molecule has 0 aliphatic rings. The predicted molar refractivity (Wildman–Crippen MR) is 69.3 cm³/mol. The number of anilines is 1. The number of nitrogens with one attached hydrogen (secondary N) is 1. The van der Waals surface area contributed by atoms with Crippen molar-refractivity contribution in [2.24, 2.45) is 0 Å². The van der Waals surface area contributed by atoms with Crippen LogP contribution in [0.5, 0.6) is 5.75 Å². The summed E-state index contributed by atoms with van der Waals surface area (Å²) in [7, 11) is 1.62. The number of aryl methyl sites for hydroxylation is 1. The Kier molecular flexibility index (Phi) is 1.98. The van der Waals surface area contributed by atoms with Crippen LogP contribution in [0, 0.1) is 6.92 Å². The molecular weight excluding hydrogens is 214 g/mol. The highest BCUT2D eigenvalue weighted by molar-refractivity contribution is 6.09. The van der Waals surface area contributed by atoms with Crippen LogP contribution in [0.2, 0.25) is 0 Å². The second-order valence-corrected chi connectivity index (χ2v) is 4.14. The molecule has 0 saturated carbocycles. The lowest BCUT2D eigenvalue weighted by Crippen LogP contribution is -1.92. The SMILES string of the molecule is COc1c(N)ccc2c1[nH]c1ncc(C)cc12. The van der Waals surface area contributed by atoms with Crippen LogP contribution in [0.3, 0.4) is 0 Å². The average molecular weight is 227 g/mol. The Morgan fingerprint density at radius 3 is 2.88 bits per heavy atom. The Morgan fingerprint density at radius 2 is 2.12 bits per heavy atom. The first-order valence-electron chi connectivity index (χ1n) is 5.41. The number of nitrogen functional groups attached to an aromatic ring is 1. The zero-order valence-electron chi connectivity index (χ0n) is 9.74. The third kappa shape index (κ3) is 1.34. The van der Waals surface area contributed by atoms with E-state index in [1.807, 2.05) is 25.3 Å². The molecule has 3 N–H and O–H groups in total. The highest BCUT2D eigenvalue weighted by Crippen LogP contribution is 2.35. The van der Waals surface area contributed by atoms with Gasteiger partial charge in [-0.1, -0.05) is 0 Å². The summed E-state index contributed by atoms with van der Waals surface area (Å²) in [6.45, 7) is 2.03. The number of hydrogen-bond donors (Lipinski definition) is 2. The fourth-order valence-electron chi connectivity index (χ4n) is 2.16. The van der Waals surface area contributed by atoms with Crippen molar-refractivity contribution in [1.29, 1.82) is 0 Å². The highest BCUT2D eigenvalue weighted by Gasteiger charge is 2.11. The normalized spacial score (nSPS) is 11.2. The second kappa shape index (κ2) is 3.38. The lowest BCUT2D eigenvalue weighted by molar-refractivity contribution is 0.421. The summed E-state index contributed by atoms with van der Waals surface area (Å²) in [5.74, 6) is 0.679. The number of ether oxygens (including phenoxy) is 1. The van der Waals surface area contributed by atoms with Crippen molar-refractivity contribution in [3.8, 4) is 5.75 Å². The Morgan fingerprint density at radius 1 is 1.29 bits per heavy atom. The molecule has 4 nitrogen and oxygen atoms in total. The molecule has 0 radical (unpaired) electrons. The van der Waals surface area contributed by atoms with E-state index in [1.165, 1.54) is 0 Å². The van der Waals surface area contributed by atoms with Gasteiger partial charge in [-0.25, -0.2) is 4.98 Å². The fraction of sp³-hybridized carbons (Fsp3) is 0.154. The van der Waals surface area contributed by atoms with Gasteiger partial charge in [0.15, 0.2) is 5.75 Å². The minimum absolute atomic E-state index is 0.628. The molecule has 0 fully saturated rings. The molecular formula is C13H13N3O. The van der Waals surface area contributed by atoms with Gasteiger partial charge in [0.25, 0.3) is 0 Å². The summed E-state index contributed by atoms with van der Waals surface area (Å²) in [4.78, 5) is 7.62. The Bertz CT molecular complexity index is 715. The van der Waals surface area contributed by atoms with Crippen LogP contribution in [-0.4, -0.2) is 17.1 Å². The van der Waals surface area contributed by atoms with Crippen LogP contribution >= 0.6 is 0 Å². The zero-order chi connectivity index (χ0) is 12.0. The van der Waals surface area contributed by atoms with Crippen molar-refractivity contribution in [1.82, 2.24) is 9.97 Å². The summed E-state index contributed by atoms with van der Waals surface area (Å²) in [5.41, 5.74) is 9.40. The van der Waals surface area contributed by atoms with Crippen molar-refractivity contribution < 1.29 is 4.74 Å². The molecule has 3 aromatic rings. The fourth-order valence-corrected chi connectivity index (χ4v) is 2.16. The number of aromatic nitrogens is 2. The summed E-state index contributed by atoms with van der Waals surface area (Å²) in [6, 6.07) is 5.96. The van der Waals surface area contributed by atoms with Crippen LogP contribution in [0.25, 0.3) is 21.9 Å². The molecule has 0 unspecified atom stereocenters. The largest absolute Gasteiger partial charge is 0.492 e.